The van der Waals surface area contributed by atoms with Gasteiger partial charge in [0.2, 0.25) is 5.91 Å². The molecule has 2 aromatic carbocycles. The Morgan fingerprint density at radius 1 is 1.15 bits per heavy atom. The number of carbonyl (C=O) groups excluding carboxylic acids is 1. The number of aromatic amines is 1. The predicted octanol–water partition coefficient (Wildman–Crippen LogP) is 3.54. The standard InChI is InChI=1S/C20H16N4O2S/c1-12-21-18(11-27-12)13-5-4-6-14(9-13)22-19(25)10-17-15-7-2-3-8-16(15)20(26)24-23-17/h2-9,11H,10H2,1H3,(H,22,25)(H,24,26). The van der Waals surface area contributed by atoms with Crippen LogP contribution in [0.4, 0.5) is 5.69 Å². The molecule has 1 amide bonds. The molecule has 2 N–H and O–H groups in total. The third-order valence-electron chi connectivity index (χ3n) is 4.16. The Morgan fingerprint density at radius 3 is 2.74 bits per heavy atom. The summed E-state index contributed by atoms with van der Waals surface area (Å²) >= 11 is 1.59. The van der Waals surface area contributed by atoms with Crippen LogP contribution in [0.2, 0.25) is 0 Å². The van der Waals surface area contributed by atoms with Gasteiger partial charge in [0, 0.05) is 22.0 Å². The van der Waals surface area contributed by atoms with Crippen molar-refractivity contribution >= 4 is 33.7 Å². The van der Waals surface area contributed by atoms with Gasteiger partial charge in [0.1, 0.15) is 0 Å². The van der Waals surface area contributed by atoms with Gasteiger partial charge in [0.05, 0.1) is 28.2 Å². The van der Waals surface area contributed by atoms with Crippen LogP contribution in [0.5, 0.6) is 0 Å². The molecule has 7 heteroatoms. The van der Waals surface area contributed by atoms with Gasteiger partial charge in [-0.05, 0) is 25.1 Å². The molecule has 6 nitrogen and oxygen atoms in total. The molecule has 27 heavy (non-hydrogen) atoms. The van der Waals surface area contributed by atoms with Crippen LogP contribution in [-0.2, 0) is 11.2 Å². The van der Waals surface area contributed by atoms with Crippen LogP contribution in [0.1, 0.15) is 10.7 Å². The van der Waals surface area contributed by atoms with Crippen molar-refractivity contribution in [2.24, 2.45) is 0 Å². The molecule has 0 radical (unpaired) electrons. The average Bonchev–Trinajstić information content (AvgIpc) is 3.11. The fourth-order valence-corrected chi connectivity index (χ4v) is 3.54. The number of anilines is 1. The molecule has 134 valence electrons. The molecule has 2 heterocycles. The molecule has 2 aromatic heterocycles. The van der Waals surface area contributed by atoms with Gasteiger partial charge in [-0.1, -0.05) is 30.3 Å². The van der Waals surface area contributed by atoms with E-state index < -0.39 is 0 Å². The quantitative estimate of drug-likeness (QED) is 0.570. The third-order valence-corrected chi connectivity index (χ3v) is 4.94. The number of rotatable bonds is 4. The molecule has 0 aliphatic carbocycles. The van der Waals surface area contributed by atoms with Crippen molar-refractivity contribution in [3.63, 3.8) is 0 Å². The van der Waals surface area contributed by atoms with Gasteiger partial charge in [-0.15, -0.1) is 11.3 Å². The summed E-state index contributed by atoms with van der Waals surface area (Å²) in [5.74, 6) is -0.202. The molecule has 0 bridgehead atoms. The lowest BCUT2D eigenvalue weighted by atomic mass is 10.1. The maximum absolute atomic E-state index is 12.5. The van der Waals surface area contributed by atoms with Crippen molar-refractivity contribution < 1.29 is 4.79 Å². The molecule has 0 atom stereocenters. The first-order valence-corrected chi connectivity index (χ1v) is 9.27. The van der Waals surface area contributed by atoms with Gasteiger partial charge in [-0.2, -0.15) is 5.10 Å². The minimum absolute atomic E-state index is 0.0668. The van der Waals surface area contributed by atoms with E-state index in [1.165, 1.54) is 0 Å². The zero-order valence-corrected chi connectivity index (χ0v) is 15.3. The number of fused-ring (bicyclic) bond motifs is 1. The number of benzene rings is 2. The van der Waals surface area contributed by atoms with Crippen molar-refractivity contribution in [1.29, 1.82) is 0 Å². The van der Waals surface area contributed by atoms with Gasteiger partial charge < -0.3 is 5.32 Å². The molecule has 0 unspecified atom stereocenters. The predicted molar refractivity (Wildman–Crippen MR) is 107 cm³/mol. The number of amides is 1. The number of nitrogens with one attached hydrogen (secondary N) is 2. The average molecular weight is 376 g/mol. The Balaban J connectivity index is 1.56. The number of hydrogen-bond acceptors (Lipinski definition) is 5. The summed E-state index contributed by atoms with van der Waals surface area (Å²) in [5.41, 5.74) is 2.80. The highest BCUT2D eigenvalue weighted by molar-refractivity contribution is 7.09. The van der Waals surface area contributed by atoms with Crippen molar-refractivity contribution in [3.05, 3.63) is 75.0 Å². The smallest absolute Gasteiger partial charge is 0.272 e. The van der Waals surface area contributed by atoms with E-state index in [0.29, 0.717) is 22.2 Å². The molecule has 4 aromatic rings. The van der Waals surface area contributed by atoms with E-state index in [9.17, 15) is 9.59 Å². The van der Waals surface area contributed by atoms with Gasteiger partial charge >= 0.3 is 0 Å². The molecule has 0 fully saturated rings. The number of H-pyrrole nitrogens is 1. The zero-order chi connectivity index (χ0) is 18.8. The molecule has 0 aliphatic rings. The van der Waals surface area contributed by atoms with Crippen molar-refractivity contribution in [2.75, 3.05) is 5.32 Å². The number of aromatic nitrogens is 3. The van der Waals surface area contributed by atoms with E-state index >= 15 is 0 Å². The Kier molecular flexibility index (Phi) is 4.52. The van der Waals surface area contributed by atoms with E-state index in [-0.39, 0.29) is 17.9 Å². The molecule has 0 saturated carbocycles. The van der Waals surface area contributed by atoms with E-state index in [4.69, 9.17) is 0 Å². The Bertz CT molecular complexity index is 1200. The van der Waals surface area contributed by atoms with E-state index in [2.05, 4.69) is 20.5 Å². The van der Waals surface area contributed by atoms with E-state index in [0.717, 1.165) is 16.3 Å². The van der Waals surface area contributed by atoms with Gasteiger partial charge in [0.25, 0.3) is 5.56 Å². The molecular weight excluding hydrogens is 360 g/mol. The topological polar surface area (TPSA) is 87.7 Å². The Labute approximate surface area is 158 Å². The number of carbonyl (C=O) groups is 1. The summed E-state index contributed by atoms with van der Waals surface area (Å²) in [5, 5.41) is 13.6. The maximum atomic E-state index is 12.5. The van der Waals surface area contributed by atoms with E-state index in [1.54, 1.807) is 29.5 Å². The first kappa shape index (κ1) is 17.1. The summed E-state index contributed by atoms with van der Waals surface area (Å²) in [6, 6.07) is 14.7. The minimum Gasteiger partial charge on any atom is -0.326 e. The fourth-order valence-electron chi connectivity index (χ4n) is 2.92. The largest absolute Gasteiger partial charge is 0.326 e. The Hall–Kier alpha value is -3.32. The lowest BCUT2D eigenvalue weighted by Gasteiger charge is -2.08. The number of aryl methyl sites for hydroxylation is 1. The lowest BCUT2D eigenvalue weighted by molar-refractivity contribution is -0.115. The van der Waals surface area contributed by atoms with Crippen LogP contribution in [-0.4, -0.2) is 21.1 Å². The van der Waals surface area contributed by atoms with Gasteiger partial charge in [-0.25, -0.2) is 10.1 Å². The normalized spacial score (nSPS) is 10.9. The SMILES string of the molecule is Cc1nc(-c2cccc(NC(=O)Cc3n[nH]c(=O)c4ccccc34)c2)cs1. The van der Waals surface area contributed by atoms with Crippen LogP contribution < -0.4 is 10.9 Å². The molecule has 0 aliphatic heterocycles. The zero-order valence-electron chi connectivity index (χ0n) is 14.5. The van der Waals surface area contributed by atoms with Crippen LogP contribution in [0, 0.1) is 6.92 Å². The maximum Gasteiger partial charge on any atom is 0.272 e. The second-order valence-corrected chi connectivity index (χ2v) is 7.16. The minimum atomic E-state index is -0.263. The van der Waals surface area contributed by atoms with Crippen molar-refractivity contribution in [3.8, 4) is 11.3 Å². The lowest BCUT2D eigenvalue weighted by Crippen LogP contribution is -2.18. The highest BCUT2D eigenvalue weighted by atomic mass is 32.1. The fraction of sp³-hybridized carbons (Fsp3) is 0.100. The summed E-state index contributed by atoms with van der Waals surface area (Å²) in [6.07, 6.45) is 0.0668. The molecule has 4 rings (SSSR count). The molecule has 0 spiro atoms. The van der Waals surface area contributed by atoms with Crippen LogP contribution in [0.3, 0.4) is 0 Å². The van der Waals surface area contributed by atoms with Gasteiger partial charge in [-0.3, -0.25) is 9.59 Å². The Morgan fingerprint density at radius 2 is 1.96 bits per heavy atom. The number of hydrogen-bond donors (Lipinski definition) is 2. The first-order chi connectivity index (χ1) is 13.1. The third kappa shape index (κ3) is 3.63. The van der Waals surface area contributed by atoms with Crippen LogP contribution in [0.15, 0.2) is 58.7 Å². The van der Waals surface area contributed by atoms with Crippen LogP contribution >= 0.6 is 11.3 Å². The first-order valence-electron chi connectivity index (χ1n) is 8.39. The summed E-state index contributed by atoms with van der Waals surface area (Å²) < 4.78 is 0. The highest BCUT2D eigenvalue weighted by Crippen LogP contribution is 2.24. The summed E-state index contributed by atoms with van der Waals surface area (Å²) in [6.45, 7) is 1.96. The van der Waals surface area contributed by atoms with E-state index in [1.807, 2.05) is 42.6 Å². The highest BCUT2D eigenvalue weighted by Gasteiger charge is 2.11. The number of nitrogens with zero attached hydrogens (tertiary/aromatic N) is 2. The van der Waals surface area contributed by atoms with Gasteiger partial charge in [0.15, 0.2) is 0 Å². The molecule has 0 saturated heterocycles. The second-order valence-electron chi connectivity index (χ2n) is 6.10. The van der Waals surface area contributed by atoms with Crippen molar-refractivity contribution in [1.82, 2.24) is 15.2 Å². The van der Waals surface area contributed by atoms with Crippen LogP contribution in [0.25, 0.3) is 22.0 Å². The summed E-state index contributed by atoms with van der Waals surface area (Å²) in [4.78, 5) is 28.8. The summed E-state index contributed by atoms with van der Waals surface area (Å²) in [7, 11) is 0. The number of thiazole rings is 1. The second kappa shape index (κ2) is 7.13. The molecular formula is C20H16N4O2S. The monoisotopic (exact) mass is 376 g/mol. The van der Waals surface area contributed by atoms with Crippen molar-refractivity contribution in [2.45, 2.75) is 13.3 Å².